The van der Waals surface area contributed by atoms with Gasteiger partial charge < -0.3 is 9.80 Å². The number of hydrogen-bond donors (Lipinski definition) is 0. The topological polar surface area (TPSA) is 53.5 Å². The molecule has 2 heterocycles. The normalized spacial score (nSPS) is 16.3. The van der Waals surface area contributed by atoms with Crippen molar-refractivity contribution in [3.05, 3.63) is 90.3 Å². The van der Waals surface area contributed by atoms with Gasteiger partial charge in [-0.3, -0.25) is 14.6 Å². The number of carbonyl (C=O) groups excluding carboxylic acids is 2. The highest BCUT2D eigenvalue weighted by Crippen LogP contribution is 2.27. The Labute approximate surface area is 189 Å². The van der Waals surface area contributed by atoms with Crippen LogP contribution in [0.1, 0.15) is 24.5 Å². The van der Waals surface area contributed by atoms with E-state index in [2.05, 4.69) is 29.2 Å². The largest absolute Gasteiger partial charge is 0.339 e. The molecule has 0 unspecified atom stereocenters. The van der Waals surface area contributed by atoms with Gasteiger partial charge in [0.2, 0.25) is 11.8 Å². The number of pyridine rings is 1. The fourth-order valence-corrected chi connectivity index (χ4v) is 4.40. The Morgan fingerprint density at radius 1 is 1.00 bits per heavy atom. The number of aryl methyl sites for hydroxylation is 1. The number of amides is 2. The summed E-state index contributed by atoms with van der Waals surface area (Å²) in [7, 11) is 0. The van der Waals surface area contributed by atoms with Crippen molar-refractivity contribution in [1.29, 1.82) is 0 Å². The number of aromatic nitrogens is 1. The number of likely N-dealkylation sites (N-methyl/N-ethyl adjacent to an activating group) is 1. The monoisotopic (exact) mass is 427 g/mol. The summed E-state index contributed by atoms with van der Waals surface area (Å²) in [5.41, 5.74) is 4.34. The van der Waals surface area contributed by atoms with Gasteiger partial charge >= 0.3 is 0 Å². The quantitative estimate of drug-likeness (QED) is 0.573. The van der Waals surface area contributed by atoms with E-state index < -0.39 is 6.04 Å². The predicted octanol–water partition coefficient (Wildman–Crippen LogP) is 3.98. The summed E-state index contributed by atoms with van der Waals surface area (Å²) in [6.07, 6.45) is 5.04. The Morgan fingerprint density at radius 2 is 1.78 bits per heavy atom. The van der Waals surface area contributed by atoms with Crippen LogP contribution in [-0.4, -0.2) is 52.3 Å². The maximum absolute atomic E-state index is 13.3. The lowest BCUT2D eigenvalue weighted by Crippen LogP contribution is -2.59. The highest BCUT2D eigenvalue weighted by Gasteiger charge is 2.36. The molecule has 0 spiro atoms. The molecule has 5 nitrogen and oxygen atoms in total. The molecule has 1 aliphatic rings. The lowest BCUT2D eigenvalue weighted by molar-refractivity contribution is -0.151. The van der Waals surface area contributed by atoms with E-state index in [1.165, 1.54) is 0 Å². The van der Waals surface area contributed by atoms with Gasteiger partial charge in [0.15, 0.2) is 0 Å². The zero-order valence-corrected chi connectivity index (χ0v) is 18.5. The molecule has 2 aromatic carbocycles. The Morgan fingerprint density at radius 3 is 2.53 bits per heavy atom. The zero-order valence-electron chi connectivity index (χ0n) is 18.5. The average Bonchev–Trinajstić information content (AvgIpc) is 2.85. The van der Waals surface area contributed by atoms with Gasteiger partial charge in [-0.2, -0.15) is 0 Å². The van der Waals surface area contributed by atoms with Crippen molar-refractivity contribution in [1.82, 2.24) is 14.8 Å². The molecule has 1 saturated heterocycles. The third kappa shape index (κ3) is 4.88. The van der Waals surface area contributed by atoms with Crippen molar-refractivity contribution in [3.8, 4) is 11.1 Å². The number of hydrogen-bond acceptors (Lipinski definition) is 3. The summed E-state index contributed by atoms with van der Waals surface area (Å²) < 4.78 is 0. The number of piperazine rings is 1. The third-order valence-corrected chi connectivity index (χ3v) is 6.15. The van der Waals surface area contributed by atoms with Gasteiger partial charge in [0.05, 0.1) is 0 Å². The Kier molecular flexibility index (Phi) is 6.95. The molecule has 0 radical (unpaired) electrons. The fraction of sp³-hybridized carbons (Fsp3) is 0.296. The lowest BCUT2D eigenvalue weighted by Gasteiger charge is -2.40. The first-order chi connectivity index (χ1) is 15.7. The minimum absolute atomic E-state index is 0.0279. The van der Waals surface area contributed by atoms with Gasteiger partial charge in [0.25, 0.3) is 0 Å². The lowest BCUT2D eigenvalue weighted by atomic mass is 9.93. The predicted molar refractivity (Wildman–Crippen MR) is 126 cm³/mol. The SMILES string of the molecule is CCN1CCN(C(=O)CCc2cccnc2)[C@@H](Cc2ccccc2-c2ccccc2)C1=O. The zero-order chi connectivity index (χ0) is 22.3. The highest BCUT2D eigenvalue weighted by molar-refractivity contribution is 5.89. The minimum atomic E-state index is -0.477. The van der Waals surface area contributed by atoms with Crippen LogP contribution >= 0.6 is 0 Å². The first-order valence-corrected chi connectivity index (χ1v) is 11.3. The molecule has 0 N–H and O–H groups in total. The van der Waals surface area contributed by atoms with Gasteiger partial charge in [-0.25, -0.2) is 0 Å². The molecule has 164 valence electrons. The number of rotatable bonds is 7. The van der Waals surface area contributed by atoms with Crippen molar-refractivity contribution in [2.75, 3.05) is 19.6 Å². The fourth-order valence-electron chi connectivity index (χ4n) is 4.40. The van der Waals surface area contributed by atoms with Crippen LogP contribution in [0.2, 0.25) is 0 Å². The van der Waals surface area contributed by atoms with Crippen LogP contribution in [0, 0.1) is 0 Å². The van der Waals surface area contributed by atoms with E-state index in [1.807, 2.05) is 54.3 Å². The van der Waals surface area contributed by atoms with Crippen LogP contribution in [0.25, 0.3) is 11.1 Å². The van der Waals surface area contributed by atoms with Gasteiger partial charge in [-0.1, -0.05) is 60.7 Å². The molecule has 1 fully saturated rings. The number of nitrogens with zero attached hydrogens (tertiary/aromatic N) is 3. The standard InChI is InChI=1S/C27H29N3O2/c1-2-29-17-18-30(26(31)15-14-21-9-8-16-28-20-21)25(27(29)32)19-23-12-6-7-13-24(23)22-10-4-3-5-11-22/h3-13,16,20,25H,2,14-15,17-19H2,1H3/t25-/m0/s1. The van der Waals surface area contributed by atoms with Crippen molar-refractivity contribution in [3.63, 3.8) is 0 Å². The molecule has 2 amide bonds. The van der Waals surface area contributed by atoms with Crippen LogP contribution in [0.4, 0.5) is 0 Å². The Hall–Kier alpha value is -3.47. The van der Waals surface area contributed by atoms with Gasteiger partial charge in [0.1, 0.15) is 6.04 Å². The molecular formula is C27H29N3O2. The summed E-state index contributed by atoms with van der Waals surface area (Å²) >= 11 is 0. The maximum atomic E-state index is 13.3. The third-order valence-electron chi connectivity index (χ3n) is 6.15. The molecule has 1 aromatic heterocycles. The van der Waals surface area contributed by atoms with E-state index in [0.29, 0.717) is 38.9 Å². The Bertz CT molecular complexity index is 1050. The van der Waals surface area contributed by atoms with Gasteiger partial charge in [-0.05, 0) is 41.7 Å². The molecule has 5 heteroatoms. The first kappa shape index (κ1) is 21.8. The van der Waals surface area contributed by atoms with Crippen LogP contribution in [0.5, 0.6) is 0 Å². The molecule has 32 heavy (non-hydrogen) atoms. The molecule has 3 aromatic rings. The second kappa shape index (κ2) is 10.2. The van der Waals surface area contributed by atoms with Crippen molar-refractivity contribution in [2.45, 2.75) is 32.2 Å². The van der Waals surface area contributed by atoms with E-state index in [4.69, 9.17) is 0 Å². The van der Waals surface area contributed by atoms with Crippen LogP contribution in [-0.2, 0) is 22.4 Å². The van der Waals surface area contributed by atoms with E-state index in [9.17, 15) is 9.59 Å². The first-order valence-electron chi connectivity index (χ1n) is 11.3. The molecule has 4 rings (SSSR count). The second-order valence-corrected chi connectivity index (χ2v) is 8.11. The molecule has 0 saturated carbocycles. The van der Waals surface area contributed by atoms with E-state index in [0.717, 1.165) is 22.3 Å². The van der Waals surface area contributed by atoms with Crippen molar-refractivity contribution < 1.29 is 9.59 Å². The van der Waals surface area contributed by atoms with Crippen LogP contribution < -0.4 is 0 Å². The van der Waals surface area contributed by atoms with E-state index >= 15 is 0 Å². The van der Waals surface area contributed by atoms with Gasteiger partial charge in [0, 0.05) is 44.9 Å². The summed E-state index contributed by atoms with van der Waals surface area (Å²) in [5, 5.41) is 0. The smallest absolute Gasteiger partial charge is 0.245 e. The summed E-state index contributed by atoms with van der Waals surface area (Å²) in [6, 6.07) is 21.8. The highest BCUT2D eigenvalue weighted by atomic mass is 16.2. The minimum Gasteiger partial charge on any atom is -0.339 e. The Balaban J connectivity index is 1.57. The molecule has 1 atom stereocenters. The summed E-state index contributed by atoms with van der Waals surface area (Å²) in [4.78, 5) is 34.3. The number of benzene rings is 2. The van der Waals surface area contributed by atoms with Crippen LogP contribution in [0.3, 0.4) is 0 Å². The van der Waals surface area contributed by atoms with E-state index in [1.54, 1.807) is 17.3 Å². The molecular weight excluding hydrogens is 398 g/mol. The summed E-state index contributed by atoms with van der Waals surface area (Å²) in [6.45, 7) is 3.81. The second-order valence-electron chi connectivity index (χ2n) is 8.11. The van der Waals surface area contributed by atoms with E-state index in [-0.39, 0.29) is 11.8 Å². The molecule has 0 aliphatic carbocycles. The maximum Gasteiger partial charge on any atom is 0.245 e. The number of carbonyl (C=O) groups is 2. The average molecular weight is 428 g/mol. The van der Waals surface area contributed by atoms with Crippen molar-refractivity contribution in [2.24, 2.45) is 0 Å². The van der Waals surface area contributed by atoms with Crippen molar-refractivity contribution >= 4 is 11.8 Å². The van der Waals surface area contributed by atoms with Gasteiger partial charge in [-0.15, -0.1) is 0 Å². The summed E-state index contributed by atoms with van der Waals surface area (Å²) in [5.74, 6) is 0.0662. The molecule has 0 bridgehead atoms. The van der Waals surface area contributed by atoms with Crippen LogP contribution in [0.15, 0.2) is 79.1 Å². The molecule has 1 aliphatic heterocycles.